The first-order valence-corrected chi connectivity index (χ1v) is 5.44. The molecule has 0 radical (unpaired) electrons. The van der Waals surface area contributed by atoms with Crippen LogP contribution in [-0.2, 0) is 4.74 Å². The fraction of sp³-hybridized carbons (Fsp3) is 0.455. The Morgan fingerprint density at radius 1 is 1.59 bits per heavy atom. The van der Waals surface area contributed by atoms with Crippen LogP contribution in [0.2, 0.25) is 5.15 Å². The van der Waals surface area contributed by atoms with Crippen LogP contribution in [0.1, 0.15) is 17.4 Å². The standard InChI is InChI=1S/C11H14ClNO4/c1-7(5-14)6-17-8-3-4-9(12)13-10(8)11(15)16-2/h3-4,7,14H,5-6H2,1-2H3. The first-order valence-electron chi connectivity index (χ1n) is 5.07. The molecule has 0 aliphatic carbocycles. The highest BCUT2D eigenvalue weighted by Gasteiger charge is 2.16. The molecule has 0 spiro atoms. The molecule has 0 saturated heterocycles. The van der Waals surface area contributed by atoms with Crippen molar-refractivity contribution in [2.24, 2.45) is 5.92 Å². The van der Waals surface area contributed by atoms with Crippen molar-refractivity contribution in [2.45, 2.75) is 6.92 Å². The summed E-state index contributed by atoms with van der Waals surface area (Å²) >= 11 is 5.69. The van der Waals surface area contributed by atoms with Gasteiger partial charge in [-0.2, -0.15) is 0 Å². The van der Waals surface area contributed by atoms with E-state index < -0.39 is 5.97 Å². The Morgan fingerprint density at radius 2 is 2.29 bits per heavy atom. The molecule has 17 heavy (non-hydrogen) atoms. The Kier molecular flexibility index (Phi) is 5.18. The fourth-order valence-corrected chi connectivity index (χ4v) is 1.21. The Morgan fingerprint density at radius 3 is 2.88 bits per heavy atom. The van der Waals surface area contributed by atoms with E-state index in [4.69, 9.17) is 21.4 Å². The molecule has 0 saturated carbocycles. The van der Waals surface area contributed by atoms with E-state index in [2.05, 4.69) is 9.72 Å². The number of nitrogens with zero attached hydrogens (tertiary/aromatic N) is 1. The monoisotopic (exact) mass is 259 g/mol. The van der Waals surface area contributed by atoms with Crippen molar-refractivity contribution in [3.05, 3.63) is 23.0 Å². The number of rotatable bonds is 5. The highest BCUT2D eigenvalue weighted by atomic mass is 35.5. The predicted molar refractivity (Wildman–Crippen MR) is 62.3 cm³/mol. The second-order valence-electron chi connectivity index (χ2n) is 3.57. The molecule has 6 heteroatoms. The van der Waals surface area contributed by atoms with Crippen LogP contribution in [0.25, 0.3) is 0 Å². The minimum absolute atomic E-state index is 0.00851. The van der Waals surface area contributed by atoms with E-state index in [0.29, 0.717) is 5.75 Å². The smallest absolute Gasteiger partial charge is 0.360 e. The molecular formula is C11H14ClNO4. The van der Waals surface area contributed by atoms with Gasteiger partial charge in [0.1, 0.15) is 5.15 Å². The molecule has 1 rings (SSSR count). The van der Waals surface area contributed by atoms with Gasteiger partial charge in [-0.1, -0.05) is 18.5 Å². The number of aliphatic hydroxyl groups is 1. The van der Waals surface area contributed by atoms with Gasteiger partial charge in [0.25, 0.3) is 0 Å². The van der Waals surface area contributed by atoms with Gasteiger partial charge in [0.2, 0.25) is 0 Å². The number of pyridine rings is 1. The van der Waals surface area contributed by atoms with Crippen molar-refractivity contribution in [1.82, 2.24) is 4.98 Å². The molecule has 5 nitrogen and oxygen atoms in total. The quantitative estimate of drug-likeness (QED) is 0.642. The van der Waals surface area contributed by atoms with E-state index in [1.165, 1.54) is 13.2 Å². The summed E-state index contributed by atoms with van der Waals surface area (Å²) in [6.07, 6.45) is 0. The van der Waals surface area contributed by atoms with Crippen molar-refractivity contribution < 1.29 is 19.4 Å². The molecule has 0 amide bonds. The highest BCUT2D eigenvalue weighted by molar-refractivity contribution is 6.29. The van der Waals surface area contributed by atoms with Gasteiger partial charge in [-0.05, 0) is 12.1 Å². The molecule has 0 aliphatic rings. The lowest BCUT2D eigenvalue weighted by molar-refractivity contribution is 0.0587. The third kappa shape index (κ3) is 3.87. The number of ether oxygens (including phenoxy) is 2. The van der Waals surface area contributed by atoms with E-state index in [9.17, 15) is 4.79 Å². The van der Waals surface area contributed by atoms with Crippen molar-refractivity contribution in [2.75, 3.05) is 20.3 Å². The molecule has 1 aromatic heterocycles. The first kappa shape index (κ1) is 13.7. The number of esters is 1. The summed E-state index contributed by atoms with van der Waals surface area (Å²) in [5.41, 5.74) is 0.0325. The molecule has 0 aromatic carbocycles. The van der Waals surface area contributed by atoms with E-state index in [0.717, 1.165) is 0 Å². The van der Waals surface area contributed by atoms with Gasteiger partial charge in [0, 0.05) is 12.5 Å². The van der Waals surface area contributed by atoms with Crippen LogP contribution in [0.3, 0.4) is 0 Å². The van der Waals surface area contributed by atoms with Crippen LogP contribution in [0, 0.1) is 5.92 Å². The largest absolute Gasteiger partial charge is 0.491 e. The highest BCUT2D eigenvalue weighted by Crippen LogP contribution is 2.20. The van der Waals surface area contributed by atoms with Crippen molar-refractivity contribution in [3.8, 4) is 5.75 Å². The normalized spacial score (nSPS) is 12.0. The molecule has 1 unspecified atom stereocenters. The van der Waals surface area contributed by atoms with Gasteiger partial charge >= 0.3 is 5.97 Å². The van der Waals surface area contributed by atoms with E-state index in [1.807, 2.05) is 6.92 Å². The summed E-state index contributed by atoms with van der Waals surface area (Å²) in [5.74, 6) is -0.350. The zero-order chi connectivity index (χ0) is 12.8. The Bertz CT molecular complexity index is 397. The van der Waals surface area contributed by atoms with Crippen molar-refractivity contribution in [3.63, 3.8) is 0 Å². The molecule has 1 atom stereocenters. The number of aliphatic hydroxyl groups excluding tert-OH is 1. The average Bonchev–Trinajstić information content (AvgIpc) is 2.35. The van der Waals surface area contributed by atoms with E-state index in [-0.39, 0.29) is 30.0 Å². The maximum absolute atomic E-state index is 11.4. The lowest BCUT2D eigenvalue weighted by Crippen LogP contribution is -2.15. The van der Waals surface area contributed by atoms with Crippen LogP contribution < -0.4 is 4.74 Å². The molecule has 0 fully saturated rings. The third-order valence-electron chi connectivity index (χ3n) is 2.04. The lowest BCUT2D eigenvalue weighted by atomic mass is 10.2. The number of carbonyl (C=O) groups excluding carboxylic acids is 1. The van der Waals surface area contributed by atoms with Crippen molar-refractivity contribution in [1.29, 1.82) is 0 Å². The minimum atomic E-state index is -0.612. The zero-order valence-corrected chi connectivity index (χ0v) is 10.4. The maximum atomic E-state index is 11.4. The summed E-state index contributed by atoms with van der Waals surface area (Å²) < 4.78 is 9.96. The lowest BCUT2D eigenvalue weighted by Gasteiger charge is -2.12. The van der Waals surface area contributed by atoms with Gasteiger partial charge in [-0.3, -0.25) is 0 Å². The summed E-state index contributed by atoms with van der Waals surface area (Å²) in [4.78, 5) is 15.3. The second kappa shape index (κ2) is 6.42. The third-order valence-corrected chi connectivity index (χ3v) is 2.25. The summed E-state index contributed by atoms with van der Waals surface area (Å²) in [5, 5.41) is 9.06. The molecule has 1 N–H and O–H groups in total. The van der Waals surface area contributed by atoms with Gasteiger partial charge in [-0.25, -0.2) is 9.78 Å². The maximum Gasteiger partial charge on any atom is 0.360 e. The van der Waals surface area contributed by atoms with Crippen LogP contribution in [0.5, 0.6) is 5.75 Å². The van der Waals surface area contributed by atoms with Crippen molar-refractivity contribution >= 4 is 17.6 Å². The number of halogens is 1. The minimum Gasteiger partial charge on any atom is -0.491 e. The number of methoxy groups -OCH3 is 1. The Hall–Kier alpha value is -1.33. The van der Waals surface area contributed by atoms with Gasteiger partial charge in [0.15, 0.2) is 11.4 Å². The fourth-order valence-electron chi connectivity index (χ4n) is 1.07. The van der Waals surface area contributed by atoms with Gasteiger partial charge in [0.05, 0.1) is 13.7 Å². The van der Waals surface area contributed by atoms with Crippen LogP contribution in [0.4, 0.5) is 0 Å². The van der Waals surface area contributed by atoms with E-state index in [1.54, 1.807) is 6.07 Å². The average molecular weight is 260 g/mol. The Balaban J connectivity index is 2.86. The first-order chi connectivity index (χ1) is 8.08. The molecule has 94 valence electrons. The molecular weight excluding hydrogens is 246 g/mol. The molecule has 1 aromatic rings. The summed E-state index contributed by atoms with van der Waals surface area (Å²) in [6.45, 7) is 2.11. The number of aromatic nitrogens is 1. The second-order valence-corrected chi connectivity index (χ2v) is 3.96. The van der Waals surface area contributed by atoms with Gasteiger partial charge < -0.3 is 14.6 Å². The molecule has 0 bridgehead atoms. The summed E-state index contributed by atoms with van der Waals surface area (Å²) in [6, 6.07) is 3.07. The van der Waals surface area contributed by atoms with Crippen LogP contribution >= 0.6 is 11.6 Å². The molecule has 1 heterocycles. The van der Waals surface area contributed by atoms with Gasteiger partial charge in [-0.15, -0.1) is 0 Å². The number of hydrogen-bond donors (Lipinski definition) is 1. The summed E-state index contributed by atoms with van der Waals surface area (Å²) in [7, 11) is 1.26. The van der Waals surface area contributed by atoms with E-state index >= 15 is 0 Å². The Labute approximate surface area is 104 Å². The van der Waals surface area contributed by atoms with Crippen LogP contribution in [-0.4, -0.2) is 36.4 Å². The predicted octanol–water partition coefficient (Wildman–Crippen LogP) is 1.53. The topological polar surface area (TPSA) is 68.7 Å². The molecule has 0 aliphatic heterocycles. The number of hydrogen-bond acceptors (Lipinski definition) is 5. The SMILES string of the molecule is COC(=O)c1nc(Cl)ccc1OCC(C)CO. The zero-order valence-electron chi connectivity index (χ0n) is 9.64. The van der Waals surface area contributed by atoms with Crippen LogP contribution in [0.15, 0.2) is 12.1 Å². The number of carbonyl (C=O) groups is 1.